The molecular weight excluding hydrogens is 445 g/mol. The molecule has 0 fully saturated rings. The van der Waals surface area contributed by atoms with E-state index in [2.05, 4.69) is 19.9 Å². The summed E-state index contributed by atoms with van der Waals surface area (Å²) in [5.41, 5.74) is 1.09. The van der Waals surface area contributed by atoms with Gasteiger partial charge in [0.1, 0.15) is 18.1 Å². The van der Waals surface area contributed by atoms with Gasteiger partial charge in [0.15, 0.2) is 5.82 Å². The van der Waals surface area contributed by atoms with Gasteiger partial charge in [0.25, 0.3) is 0 Å². The molecule has 4 rings (SSSR count). The number of hydrogen-bond acceptors (Lipinski definition) is 5. The summed E-state index contributed by atoms with van der Waals surface area (Å²) in [7, 11) is 1.58. The molecule has 2 atom stereocenters. The SMILES string of the molecule is COC1C=C(OCc2ccc(C(F)(F)F)cn2)C=CC1c1cnc(-c2ccc(Cl)cn2)[nH]1. The summed E-state index contributed by atoms with van der Waals surface area (Å²) in [6, 6.07) is 5.79. The van der Waals surface area contributed by atoms with Crippen LogP contribution in [0, 0.1) is 0 Å². The zero-order chi connectivity index (χ0) is 22.7. The van der Waals surface area contributed by atoms with Gasteiger partial charge < -0.3 is 14.5 Å². The third-order valence-corrected chi connectivity index (χ3v) is 5.11. The predicted octanol–water partition coefficient (Wildman–Crippen LogP) is 5.31. The lowest BCUT2D eigenvalue weighted by Gasteiger charge is -2.24. The Balaban J connectivity index is 1.42. The third-order valence-electron chi connectivity index (χ3n) is 4.89. The van der Waals surface area contributed by atoms with Crippen LogP contribution in [-0.2, 0) is 22.3 Å². The van der Waals surface area contributed by atoms with E-state index in [0.29, 0.717) is 28.0 Å². The highest BCUT2D eigenvalue weighted by atomic mass is 35.5. The Morgan fingerprint density at radius 3 is 2.56 bits per heavy atom. The lowest BCUT2D eigenvalue weighted by atomic mass is 9.94. The molecule has 3 aromatic rings. The average molecular weight is 463 g/mol. The summed E-state index contributed by atoms with van der Waals surface area (Å²) < 4.78 is 49.2. The maximum atomic E-state index is 12.6. The zero-order valence-electron chi connectivity index (χ0n) is 16.8. The Hall–Kier alpha value is -3.17. The van der Waals surface area contributed by atoms with Crippen LogP contribution in [0.15, 0.2) is 66.8 Å². The summed E-state index contributed by atoms with van der Waals surface area (Å²) in [5.74, 6) is 1.01. The molecule has 32 heavy (non-hydrogen) atoms. The van der Waals surface area contributed by atoms with Crippen LogP contribution in [0.25, 0.3) is 11.5 Å². The Labute approximate surface area is 186 Å². The maximum Gasteiger partial charge on any atom is 0.417 e. The smallest absolute Gasteiger partial charge is 0.417 e. The summed E-state index contributed by atoms with van der Waals surface area (Å²) >= 11 is 5.88. The standard InChI is InChI=1S/C22H18ClF3N4O2/c1-31-20-8-16(32-12-15-4-2-13(9-27-15)22(24,25)26)5-6-17(20)19-11-29-21(30-19)18-7-3-14(23)10-28-18/h2-11,17,20H,12H2,1H3,(H,29,30). The van der Waals surface area contributed by atoms with E-state index in [4.69, 9.17) is 21.1 Å². The Morgan fingerprint density at radius 2 is 1.91 bits per heavy atom. The number of imidazole rings is 1. The van der Waals surface area contributed by atoms with Gasteiger partial charge in [0.2, 0.25) is 0 Å². The van der Waals surface area contributed by atoms with Crippen LogP contribution in [0.3, 0.4) is 0 Å². The Morgan fingerprint density at radius 1 is 1.06 bits per heavy atom. The van der Waals surface area contributed by atoms with Crippen LogP contribution in [-0.4, -0.2) is 33.1 Å². The molecule has 0 aromatic carbocycles. The van der Waals surface area contributed by atoms with E-state index in [1.54, 1.807) is 43.8 Å². The second-order valence-corrected chi connectivity index (χ2v) is 7.46. The first-order valence-electron chi connectivity index (χ1n) is 9.58. The number of pyridine rings is 2. The van der Waals surface area contributed by atoms with E-state index in [1.807, 2.05) is 6.08 Å². The number of nitrogens with one attached hydrogen (secondary N) is 1. The molecule has 6 nitrogen and oxygen atoms in total. The Kier molecular flexibility index (Phi) is 6.29. The molecular formula is C22H18ClF3N4O2. The maximum absolute atomic E-state index is 12.6. The van der Waals surface area contributed by atoms with Crippen molar-refractivity contribution in [2.45, 2.75) is 24.8 Å². The number of aromatic amines is 1. The Bertz CT molecular complexity index is 1130. The number of halogens is 4. The van der Waals surface area contributed by atoms with Gasteiger partial charge in [-0.15, -0.1) is 0 Å². The van der Waals surface area contributed by atoms with E-state index < -0.39 is 11.7 Å². The van der Waals surface area contributed by atoms with Gasteiger partial charge in [-0.3, -0.25) is 9.97 Å². The van der Waals surface area contributed by atoms with Gasteiger partial charge >= 0.3 is 6.18 Å². The van der Waals surface area contributed by atoms with E-state index in [1.165, 1.54) is 6.07 Å². The molecule has 0 spiro atoms. The molecule has 3 heterocycles. The highest BCUT2D eigenvalue weighted by Crippen LogP contribution is 2.31. The molecule has 0 aliphatic heterocycles. The van der Waals surface area contributed by atoms with E-state index >= 15 is 0 Å². The summed E-state index contributed by atoms with van der Waals surface area (Å²) in [6.45, 7) is 0.0336. The van der Waals surface area contributed by atoms with Crippen molar-refractivity contribution >= 4 is 11.6 Å². The minimum Gasteiger partial charge on any atom is -0.488 e. The number of nitrogens with zero attached hydrogens (tertiary/aromatic N) is 3. The van der Waals surface area contributed by atoms with Crippen molar-refractivity contribution in [3.05, 3.63) is 88.8 Å². The summed E-state index contributed by atoms with van der Waals surface area (Å²) in [6.07, 6.45) is 4.81. The second kappa shape index (κ2) is 9.13. The second-order valence-electron chi connectivity index (χ2n) is 7.03. The number of allylic oxidation sites excluding steroid dienone is 1. The van der Waals surface area contributed by atoms with Gasteiger partial charge in [-0.1, -0.05) is 17.7 Å². The van der Waals surface area contributed by atoms with Crippen LogP contribution in [0.1, 0.15) is 22.9 Å². The molecule has 0 radical (unpaired) electrons. The van der Waals surface area contributed by atoms with Crippen LogP contribution in [0.5, 0.6) is 0 Å². The van der Waals surface area contributed by atoms with E-state index in [-0.39, 0.29) is 18.6 Å². The van der Waals surface area contributed by atoms with Crippen LogP contribution in [0.4, 0.5) is 13.2 Å². The van der Waals surface area contributed by atoms with Crippen molar-refractivity contribution in [3.8, 4) is 11.5 Å². The molecule has 1 aliphatic rings. The van der Waals surface area contributed by atoms with Gasteiger partial charge in [-0.2, -0.15) is 13.2 Å². The minimum absolute atomic E-state index is 0.0336. The largest absolute Gasteiger partial charge is 0.488 e. The fourth-order valence-electron chi connectivity index (χ4n) is 3.21. The third kappa shape index (κ3) is 5.00. The molecule has 166 valence electrons. The number of alkyl halides is 3. The normalized spacial score (nSPS) is 18.5. The predicted molar refractivity (Wildman–Crippen MR) is 112 cm³/mol. The fraction of sp³-hybridized carbons (Fsp3) is 0.227. The average Bonchev–Trinajstić information content (AvgIpc) is 3.27. The highest BCUT2D eigenvalue weighted by Gasteiger charge is 2.30. The molecule has 2 unspecified atom stereocenters. The first-order chi connectivity index (χ1) is 15.3. The van der Waals surface area contributed by atoms with Crippen molar-refractivity contribution in [3.63, 3.8) is 0 Å². The molecule has 0 saturated carbocycles. The molecule has 1 aliphatic carbocycles. The summed E-state index contributed by atoms with van der Waals surface area (Å²) in [5, 5.41) is 0.541. The van der Waals surface area contributed by atoms with E-state index in [9.17, 15) is 13.2 Å². The fourth-order valence-corrected chi connectivity index (χ4v) is 3.32. The molecule has 10 heteroatoms. The minimum atomic E-state index is -4.42. The summed E-state index contributed by atoms with van der Waals surface area (Å²) in [4.78, 5) is 15.7. The van der Waals surface area contributed by atoms with Gasteiger partial charge in [-0.05, 0) is 36.4 Å². The molecule has 3 aromatic heterocycles. The number of aromatic nitrogens is 4. The highest BCUT2D eigenvalue weighted by molar-refractivity contribution is 6.30. The lowest BCUT2D eigenvalue weighted by Crippen LogP contribution is -2.21. The van der Waals surface area contributed by atoms with Crippen molar-refractivity contribution in [1.29, 1.82) is 0 Å². The number of hydrogen-bond donors (Lipinski definition) is 1. The first-order valence-corrected chi connectivity index (χ1v) is 9.96. The van der Waals surface area contributed by atoms with Crippen molar-refractivity contribution < 1.29 is 22.6 Å². The number of ether oxygens (including phenoxy) is 2. The van der Waals surface area contributed by atoms with E-state index in [0.717, 1.165) is 18.0 Å². The van der Waals surface area contributed by atoms with Gasteiger partial charge in [-0.25, -0.2) is 4.98 Å². The lowest BCUT2D eigenvalue weighted by molar-refractivity contribution is -0.137. The van der Waals surface area contributed by atoms with Crippen molar-refractivity contribution in [2.24, 2.45) is 0 Å². The monoisotopic (exact) mass is 462 g/mol. The topological polar surface area (TPSA) is 72.9 Å². The van der Waals surface area contributed by atoms with Crippen molar-refractivity contribution in [1.82, 2.24) is 19.9 Å². The van der Waals surface area contributed by atoms with Crippen LogP contribution in [0.2, 0.25) is 5.02 Å². The van der Waals surface area contributed by atoms with Gasteiger partial charge in [0, 0.05) is 37.3 Å². The quantitative estimate of drug-likeness (QED) is 0.537. The van der Waals surface area contributed by atoms with Crippen LogP contribution >= 0.6 is 11.6 Å². The number of H-pyrrole nitrogens is 1. The van der Waals surface area contributed by atoms with Crippen molar-refractivity contribution in [2.75, 3.05) is 7.11 Å². The zero-order valence-corrected chi connectivity index (χ0v) is 17.6. The van der Waals surface area contributed by atoms with Crippen LogP contribution < -0.4 is 0 Å². The molecule has 0 bridgehead atoms. The molecule has 0 saturated heterocycles. The number of rotatable bonds is 6. The molecule has 0 amide bonds. The number of methoxy groups -OCH3 is 1. The van der Waals surface area contributed by atoms with Gasteiger partial charge in [0.05, 0.1) is 22.4 Å². The first kappa shape index (κ1) is 22.0. The molecule has 1 N–H and O–H groups in total.